The molecule has 12 heavy (non-hydrogen) atoms. The van der Waals surface area contributed by atoms with Gasteiger partial charge in [-0.05, 0) is 6.07 Å². The van der Waals surface area contributed by atoms with Crippen molar-refractivity contribution in [2.24, 2.45) is 0 Å². The summed E-state index contributed by atoms with van der Waals surface area (Å²) < 4.78 is 14.4. The van der Waals surface area contributed by atoms with Crippen LogP contribution in [-0.4, -0.2) is 19.8 Å². The fourth-order valence-electron chi connectivity index (χ4n) is 0.546. The zero-order chi connectivity index (χ0) is 9.03. The summed E-state index contributed by atoms with van der Waals surface area (Å²) in [7, 11) is -4.41. The van der Waals surface area contributed by atoms with Gasteiger partial charge in [0.1, 0.15) is 6.61 Å². The van der Waals surface area contributed by atoms with Gasteiger partial charge in [-0.15, -0.1) is 0 Å². The number of hydrogen-bond donors (Lipinski definition) is 2. The molecule has 0 bridgehead atoms. The molecule has 66 valence electrons. The number of aromatic nitrogens is 2. The second kappa shape index (κ2) is 3.73. The van der Waals surface area contributed by atoms with Gasteiger partial charge in [0, 0.05) is 12.4 Å². The molecule has 0 aromatic carbocycles. The van der Waals surface area contributed by atoms with Crippen molar-refractivity contribution >= 4 is 7.82 Å². The number of rotatable bonds is 3. The first-order chi connectivity index (χ1) is 5.58. The van der Waals surface area contributed by atoms with E-state index in [0.717, 1.165) is 0 Å². The lowest BCUT2D eigenvalue weighted by Gasteiger charge is -2.02. The van der Waals surface area contributed by atoms with Crippen LogP contribution < -0.4 is 0 Å². The van der Waals surface area contributed by atoms with Gasteiger partial charge in [0.05, 0.1) is 0 Å². The van der Waals surface area contributed by atoms with Crippen molar-refractivity contribution in [1.82, 2.24) is 9.97 Å². The van der Waals surface area contributed by atoms with E-state index in [1.165, 1.54) is 12.4 Å². The average molecular weight is 190 g/mol. The van der Waals surface area contributed by atoms with Crippen LogP contribution in [-0.2, 0) is 15.7 Å². The third kappa shape index (κ3) is 3.54. The van der Waals surface area contributed by atoms with E-state index in [0.29, 0.717) is 0 Å². The smallest absolute Gasteiger partial charge is 0.303 e. The Morgan fingerprint density at radius 3 is 2.50 bits per heavy atom. The molecule has 0 fully saturated rings. The van der Waals surface area contributed by atoms with Gasteiger partial charge in [0.25, 0.3) is 0 Å². The third-order valence-electron chi connectivity index (χ3n) is 0.981. The van der Waals surface area contributed by atoms with Crippen LogP contribution >= 0.6 is 7.82 Å². The van der Waals surface area contributed by atoms with E-state index in [1.54, 1.807) is 6.07 Å². The van der Waals surface area contributed by atoms with Crippen LogP contribution in [0.4, 0.5) is 0 Å². The molecule has 2 N–H and O–H groups in total. The maximum Gasteiger partial charge on any atom is 0.470 e. The van der Waals surface area contributed by atoms with Crippen LogP contribution in [0.2, 0.25) is 0 Å². The van der Waals surface area contributed by atoms with Gasteiger partial charge < -0.3 is 9.79 Å². The molecule has 0 atom stereocenters. The molecule has 0 amide bonds. The molecule has 7 heteroatoms. The first-order valence-electron chi connectivity index (χ1n) is 3.04. The normalized spacial score (nSPS) is 11.5. The maximum atomic E-state index is 10.2. The van der Waals surface area contributed by atoms with Crippen molar-refractivity contribution in [2.45, 2.75) is 6.61 Å². The van der Waals surface area contributed by atoms with Crippen LogP contribution in [0.1, 0.15) is 5.82 Å². The van der Waals surface area contributed by atoms with E-state index >= 15 is 0 Å². The molecule has 0 aliphatic carbocycles. The van der Waals surface area contributed by atoms with E-state index in [-0.39, 0.29) is 12.4 Å². The van der Waals surface area contributed by atoms with Crippen LogP contribution in [0.5, 0.6) is 0 Å². The molecule has 1 heterocycles. The SMILES string of the molecule is O=P(O)(O)OCc1ncccn1. The van der Waals surface area contributed by atoms with Crippen molar-refractivity contribution in [3.05, 3.63) is 24.3 Å². The fraction of sp³-hybridized carbons (Fsp3) is 0.200. The van der Waals surface area contributed by atoms with E-state index in [9.17, 15) is 4.57 Å². The fourth-order valence-corrected chi connectivity index (χ4v) is 0.830. The number of hydrogen-bond acceptors (Lipinski definition) is 4. The zero-order valence-electron chi connectivity index (χ0n) is 5.99. The molecule has 0 unspecified atom stereocenters. The van der Waals surface area contributed by atoms with E-state index in [1.807, 2.05) is 0 Å². The highest BCUT2D eigenvalue weighted by Crippen LogP contribution is 2.36. The molecule has 1 aromatic heterocycles. The minimum atomic E-state index is -4.41. The highest BCUT2D eigenvalue weighted by Gasteiger charge is 2.13. The van der Waals surface area contributed by atoms with Gasteiger partial charge in [-0.2, -0.15) is 0 Å². The Labute approximate surface area is 68.5 Å². The second-order valence-corrected chi connectivity index (χ2v) is 3.17. The molecular weight excluding hydrogens is 183 g/mol. The lowest BCUT2D eigenvalue weighted by atomic mass is 10.6. The molecule has 0 radical (unpaired) electrons. The molecule has 0 spiro atoms. The lowest BCUT2D eigenvalue weighted by molar-refractivity contribution is 0.184. The minimum absolute atomic E-state index is 0.237. The van der Waals surface area contributed by atoms with Crippen LogP contribution in [0, 0.1) is 0 Å². The predicted octanol–water partition coefficient (Wildman–Crippen LogP) is 0.0859. The average Bonchev–Trinajstić information content (AvgIpc) is 2.02. The standard InChI is InChI=1S/C5H7N2O4P/c8-12(9,10)11-4-5-6-2-1-3-7-5/h1-3H,4H2,(H2,8,9,10). The summed E-state index contributed by atoms with van der Waals surface area (Å²) in [4.78, 5) is 24.0. The van der Waals surface area contributed by atoms with Crippen LogP contribution in [0.15, 0.2) is 18.5 Å². The summed E-state index contributed by atoms with van der Waals surface area (Å²) in [6.45, 7) is -0.287. The highest BCUT2D eigenvalue weighted by molar-refractivity contribution is 7.46. The Morgan fingerprint density at radius 2 is 2.00 bits per heavy atom. The summed E-state index contributed by atoms with van der Waals surface area (Å²) in [5.41, 5.74) is 0. The van der Waals surface area contributed by atoms with Gasteiger partial charge in [0.2, 0.25) is 0 Å². The third-order valence-corrected chi connectivity index (χ3v) is 1.45. The van der Waals surface area contributed by atoms with E-state index < -0.39 is 7.82 Å². The Hall–Kier alpha value is -0.810. The first kappa shape index (κ1) is 9.28. The van der Waals surface area contributed by atoms with E-state index in [2.05, 4.69) is 14.5 Å². The van der Waals surface area contributed by atoms with Crippen LogP contribution in [0.3, 0.4) is 0 Å². The first-order valence-corrected chi connectivity index (χ1v) is 4.57. The van der Waals surface area contributed by atoms with Crippen molar-refractivity contribution in [2.75, 3.05) is 0 Å². The van der Waals surface area contributed by atoms with Gasteiger partial charge in [0.15, 0.2) is 5.82 Å². The number of phosphoric acid groups is 1. The van der Waals surface area contributed by atoms with Crippen LogP contribution in [0.25, 0.3) is 0 Å². The molecule has 0 saturated carbocycles. The molecule has 1 rings (SSSR count). The van der Waals surface area contributed by atoms with Gasteiger partial charge >= 0.3 is 7.82 Å². The quantitative estimate of drug-likeness (QED) is 0.656. The Balaban J connectivity index is 2.50. The molecular formula is C5H7N2O4P. The largest absolute Gasteiger partial charge is 0.470 e. The molecule has 6 nitrogen and oxygen atoms in total. The van der Waals surface area contributed by atoms with Gasteiger partial charge in [-0.1, -0.05) is 0 Å². The second-order valence-electron chi connectivity index (χ2n) is 1.93. The maximum absolute atomic E-state index is 10.2. The van der Waals surface area contributed by atoms with Gasteiger partial charge in [-0.3, -0.25) is 4.52 Å². The Morgan fingerprint density at radius 1 is 1.42 bits per heavy atom. The summed E-state index contributed by atoms with van der Waals surface area (Å²) in [5, 5.41) is 0. The monoisotopic (exact) mass is 190 g/mol. The summed E-state index contributed by atoms with van der Waals surface area (Å²) >= 11 is 0. The van der Waals surface area contributed by atoms with Crippen molar-refractivity contribution in [3.63, 3.8) is 0 Å². The minimum Gasteiger partial charge on any atom is -0.303 e. The van der Waals surface area contributed by atoms with Crippen molar-refractivity contribution in [1.29, 1.82) is 0 Å². The Bertz CT molecular complexity index is 285. The number of phosphoric ester groups is 1. The number of nitrogens with zero attached hydrogens (tertiary/aromatic N) is 2. The summed E-state index contributed by atoms with van der Waals surface area (Å²) in [6.07, 6.45) is 2.93. The predicted molar refractivity (Wildman–Crippen MR) is 38.9 cm³/mol. The highest BCUT2D eigenvalue weighted by atomic mass is 31.2. The Kier molecular flexibility index (Phi) is 2.88. The van der Waals surface area contributed by atoms with Crippen molar-refractivity contribution < 1.29 is 18.9 Å². The van der Waals surface area contributed by atoms with Gasteiger partial charge in [-0.25, -0.2) is 14.5 Å². The van der Waals surface area contributed by atoms with E-state index in [4.69, 9.17) is 9.79 Å². The molecule has 0 aliphatic heterocycles. The summed E-state index contributed by atoms with van der Waals surface area (Å²) in [6, 6.07) is 1.60. The lowest BCUT2D eigenvalue weighted by Crippen LogP contribution is -1.96. The zero-order valence-corrected chi connectivity index (χ0v) is 6.89. The summed E-state index contributed by atoms with van der Waals surface area (Å²) in [5.74, 6) is 0.237. The van der Waals surface area contributed by atoms with Crippen molar-refractivity contribution in [3.8, 4) is 0 Å². The topological polar surface area (TPSA) is 92.5 Å². The molecule has 0 saturated heterocycles. The molecule has 0 aliphatic rings. The molecule has 1 aromatic rings.